The first-order valence-electron chi connectivity index (χ1n) is 4.94. The molecule has 7 heteroatoms. The predicted molar refractivity (Wildman–Crippen MR) is 56.0 cm³/mol. The van der Waals surface area contributed by atoms with E-state index < -0.39 is 4.92 Å². The van der Waals surface area contributed by atoms with Gasteiger partial charge in [0, 0.05) is 5.92 Å². The van der Waals surface area contributed by atoms with Gasteiger partial charge in [-0.1, -0.05) is 0 Å². The minimum Gasteiger partial charge on any atom is -0.395 e. The molecule has 0 atom stereocenters. The van der Waals surface area contributed by atoms with Crippen molar-refractivity contribution in [1.82, 2.24) is 14.4 Å². The summed E-state index contributed by atoms with van der Waals surface area (Å²) in [7, 11) is 0. The molecule has 0 aliphatic heterocycles. The Morgan fingerprint density at radius 3 is 2.94 bits per heavy atom. The summed E-state index contributed by atoms with van der Waals surface area (Å²) in [6.45, 7) is 0. The van der Waals surface area contributed by atoms with Crippen molar-refractivity contribution in [3.8, 4) is 0 Å². The van der Waals surface area contributed by atoms with E-state index in [1.165, 1.54) is 16.8 Å². The number of anilines is 1. The summed E-state index contributed by atoms with van der Waals surface area (Å²) < 4.78 is 1.35. The van der Waals surface area contributed by atoms with E-state index in [1.54, 1.807) is 0 Å². The van der Waals surface area contributed by atoms with Gasteiger partial charge in [-0.25, -0.2) is 0 Å². The van der Waals surface area contributed by atoms with Gasteiger partial charge < -0.3 is 15.8 Å². The summed E-state index contributed by atoms with van der Waals surface area (Å²) >= 11 is 0. The van der Waals surface area contributed by atoms with Crippen LogP contribution < -0.4 is 5.73 Å². The first kappa shape index (κ1) is 9.08. The van der Waals surface area contributed by atoms with Crippen molar-refractivity contribution in [3.63, 3.8) is 0 Å². The SMILES string of the molecule is Nc1cnc2nc(C3CC3)c([N+](=O)[O-])n2c1. The van der Waals surface area contributed by atoms with Gasteiger partial charge in [0.1, 0.15) is 11.9 Å². The highest BCUT2D eigenvalue weighted by atomic mass is 16.6. The Bertz CT molecular complexity index is 587. The average Bonchev–Trinajstić information content (AvgIpc) is 2.99. The van der Waals surface area contributed by atoms with Crippen molar-refractivity contribution in [2.24, 2.45) is 0 Å². The number of fused-ring (bicyclic) bond motifs is 1. The third-order valence-electron chi connectivity index (χ3n) is 2.64. The van der Waals surface area contributed by atoms with Crippen molar-refractivity contribution < 1.29 is 4.92 Å². The minimum atomic E-state index is -0.422. The second kappa shape index (κ2) is 2.91. The number of aromatic nitrogens is 3. The molecule has 0 saturated heterocycles. The molecule has 1 saturated carbocycles. The van der Waals surface area contributed by atoms with Crippen LogP contribution >= 0.6 is 0 Å². The molecule has 3 rings (SSSR count). The zero-order chi connectivity index (χ0) is 11.3. The van der Waals surface area contributed by atoms with Crippen LogP contribution in [0.5, 0.6) is 0 Å². The lowest BCUT2D eigenvalue weighted by Gasteiger charge is -1.95. The molecule has 0 bridgehead atoms. The molecule has 2 N–H and O–H groups in total. The lowest BCUT2D eigenvalue weighted by atomic mass is 10.3. The fourth-order valence-corrected chi connectivity index (χ4v) is 1.77. The summed E-state index contributed by atoms with van der Waals surface area (Å²) in [5, 5.41) is 11.0. The Morgan fingerprint density at radius 1 is 1.56 bits per heavy atom. The zero-order valence-electron chi connectivity index (χ0n) is 8.33. The van der Waals surface area contributed by atoms with Gasteiger partial charge in [0.15, 0.2) is 0 Å². The van der Waals surface area contributed by atoms with E-state index in [0.29, 0.717) is 17.2 Å². The third-order valence-corrected chi connectivity index (χ3v) is 2.64. The van der Waals surface area contributed by atoms with Crippen LogP contribution in [-0.4, -0.2) is 19.3 Å². The largest absolute Gasteiger partial charge is 0.395 e. The highest BCUT2D eigenvalue weighted by Gasteiger charge is 2.35. The molecule has 2 aromatic heterocycles. The van der Waals surface area contributed by atoms with E-state index >= 15 is 0 Å². The van der Waals surface area contributed by atoms with Gasteiger partial charge in [-0.2, -0.15) is 14.4 Å². The standard InChI is InChI=1S/C9H9N5O2/c10-6-3-11-9-12-7(5-1-2-5)8(14(15)16)13(9)4-6/h3-5H,1-2,10H2. The number of rotatable bonds is 2. The van der Waals surface area contributed by atoms with E-state index in [0.717, 1.165) is 12.8 Å². The van der Waals surface area contributed by atoms with Crippen molar-refractivity contribution in [2.75, 3.05) is 5.73 Å². The second-order valence-corrected chi connectivity index (χ2v) is 3.91. The fourth-order valence-electron chi connectivity index (χ4n) is 1.77. The second-order valence-electron chi connectivity index (χ2n) is 3.91. The maximum absolute atomic E-state index is 11.0. The Morgan fingerprint density at radius 2 is 2.31 bits per heavy atom. The van der Waals surface area contributed by atoms with E-state index in [9.17, 15) is 10.1 Å². The number of nitrogens with two attached hydrogens (primary N) is 1. The van der Waals surface area contributed by atoms with Crippen LogP contribution in [-0.2, 0) is 0 Å². The zero-order valence-corrected chi connectivity index (χ0v) is 8.33. The number of hydrogen-bond acceptors (Lipinski definition) is 5. The van der Waals surface area contributed by atoms with Gasteiger partial charge in [0.2, 0.25) is 0 Å². The van der Waals surface area contributed by atoms with E-state index in [2.05, 4.69) is 9.97 Å². The molecule has 0 unspecified atom stereocenters. The number of nitrogens with zero attached hydrogens (tertiary/aromatic N) is 4. The summed E-state index contributed by atoms with van der Waals surface area (Å²) in [6, 6.07) is 0. The van der Waals surface area contributed by atoms with E-state index in [4.69, 9.17) is 5.73 Å². The number of nitro groups is 1. The molecule has 16 heavy (non-hydrogen) atoms. The highest BCUT2D eigenvalue weighted by Crippen LogP contribution is 2.43. The summed E-state index contributed by atoms with van der Waals surface area (Å²) in [5.74, 6) is 0.545. The van der Waals surface area contributed by atoms with E-state index in [1.807, 2.05) is 0 Å². The molecular weight excluding hydrogens is 210 g/mol. The topological polar surface area (TPSA) is 99.3 Å². The first-order chi connectivity index (χ1) is 7.66. The van der Waals surface area contributed by atoms with Gasteiger partial charge in [0.25, 0.3) is 0 Å². The molecule has 0 spiro atoms. The van der Waals surface area contributed by atoms with Gasteiger partial charge in [-0.15, -0.1) is 0 Å². The molecule has 0 aromatic carbocycles. The van der Waals surface area contributed by atoms with Crippen molar-refractivity contribution in [1.29, 1.82) is 0 Å². The maximum atomic E-state index is 11.0. The predicted octanol–water partition coefficient (Wildman–Crippen LogP) is 1.10. The molecule has 2 aromatic rings. The molecule has 2 heterocycles. The van der Waals surface area contributed by atoms with Crippen LogP contribution in [0.2, 0.25) is 0 Å². The quantitative estimate of drug-likeness (QED) is 0.602. The minimum absolute atomic E-state index is 0.00250. The van der Waals surface area contributed by atoms with E-state index in [-0.39, 0.29) is 11.7 Å². The van der Waals surface area contributed by atoms with Crippen LogP contribution in [0.4, 0.5) is 11.5 Å². The molecule has 0 radical (unpaired) electrons. The monoisotopic (exact) mass is 219 g/mol. The molecule has 1 aliphatic rings. The smallest absolute Gasteiger partial charge is 0.352 e. The van der Waals surface area contributed by atoms with Crippen LogP contribution in [0.1, 0.15) is 24.5 Å². The summed E-state index contributed by atoms with van der Waals surface area (Å²) in [4.78, 5) is 18.8. The molecule has 82 valence electrons. The molecule has 0 amide bonds. The maximum Gasteiger partial charge on any atom is 0.352 e. The van der Waals surface area contributed by atoms with Gasteiger partial charge in [-0.05, 0) is 17.8 Å². The van der Waals surface area contributed by atoms with Gasteiger partial charge >= 0.3 is 11.6 Å². The lowest BCUT2D eigenvalue weighted by Crippen LogP contribution is -1.99. The molecule has 1 aliphatic carbocycles. The fraction of sp³-hybridized carbons (Fsp3) is 0.333. The molecule has 7 nitrogen and oxygen atoms in total. The number of hydrogen-bond donors (Lipinski definition) is 1. The highest BCUT2D eigenvalue weighted by molar-refractivity contribution is 5.50. The Labute approximate surface area is 90.1 Å². The molecular formula is C9H9N5O2. The number of nitrogen functional groups attached to an aromatic ring is 1. The third kappa shape index (κ3) is 1.21. The normalized spacial score (nSPS) is 15.5. The molecule has 1 fully saturated rings. The summed E-state index contributed by atoms with van der Waals surface area (Å²) in [5.41, 5.74) is 6.48. The van der Waals surface area contributed by atoms with Gasteiger partial charge in [0.05, 0.1) is 11.9 Å². The summed E-state index contributed by atoms with van der Waals surface area (Å²) in [6.07, 6.45) is 4.85. The Balaban J connectivity index is 2.33. The van der Waals surface area contributed by atoms with Crippen LogP contribution in [0.15, 0.2) is 12.4 Å². The van der Waals surface area contributed by atoms with Crippen LogP contribution in [0.3, 0.4) is 0 Å². The van der Waals surface area contributed by atoms with Crippen LogP contribution in [0, 0.1) is 10.1 Å². The van der Waals surface area contributed by atoms with Crippen LogP contribution in [0.25, 0.3) is 5.78 Å². The lowest BCUT2D eigenvalue weighted by molar-refractivity contribution is -0.391. The van der Waals surface area contributed by atoms with Crippen molar-refractivity contribution in [3.05, 3.63) is 28.2 Å². The van der Waals surface area contributed by atoms with Crippen molar-refractivity contribution >= 4 is 17.3 Å². The van der Waals surface area contributed by atoms with Gasteiger partial charge in [-0.3, -0.25) is 0 Å². The average molecular weight is 219 g/mol. The Kier molecular flexibility index (Phi) is 1.65. The first-order valence-corrected chi connectivity index (χ1v) is 4.94. The van der Waals surface area contributed by atoms with Crippen molar-refractivity contribution in [2.45, 2.75) is 18.8 Å². The number of imidazole rings is 1. The Hall–Kier alpha value is -2.18.